The molecule has 1 aromatic heterocycles. The lowest BCUT2D eigenvalue weighted by Crippen LogP contribution is -2.33. The second kappa shape index (κ2) is 4.91. The van der Waals surface area contributed by atoms with Crippen molar-refractivity contribution in [3.63, 3.8) is 0 Å². The Bertz CT molecular complexity index is 336. The van der Waals surface area contributed by atoms with Gasteiger partial charge in [0.05, 0.1) is 11.9 Å². The average molecular weight is 222 g/mol. The van der Waals surface area contributed by atoms with Crippen LogP contribution in [0.15, 0.2) is 18.3 Å². The van der Waals surface area contributed by atoms with E-state index in [1.54, 1.807) is 6.07 Å². The van der Waals surface area contributed by atoms with E-state index in [4.69, 9.17) is 0 Å². The normalized spacial score (nSPS) is 26.9. The number of nitrogens with zero attached hydrogens (tertiary/aromatic N) is 1. The largest absolute Gasteiger partial charge is 0.306 e. The Labute approximate surface area is 96.3 Å². The monoisotopic (exact) mass is 222 g/mol. The van der Waals surface area contributed by atoms with Gasteiger partial charge in [-0.15, -0.1) is 0 Å². The van der Waals surface area contributed by atoms with E-state index in [1.807, 2.05) is 0 Å². The van der Waals surface area contributed by atoms with Crippen LogP contribution in [0.25, 0.3) is 0 Å². The lowest BCUT2D eigenvalue weighted by molar-refractivity contribution is 0.384. The summed E-state index contributed by atoms with van der Waals surface area (Å²) in [7, 11) is 0. The van der Waals surface area contributed by atoms with Gasteiger partial charge in [0.2, 0.25) is 0 Å². The van der Waals surface area contributed by atoms with Gasteiger partial charge in [-0.1, -0.05) is 13.3 Å². The van der Waals surface area contributed by atoms with E-state index in [-0.39, 0.29) is 11.9 Å². The summed E-state index contributed by atoms with van der Waals surface area (Å²) in [4.78, 5) is 4.11. The van der Waals surface area contributed by atoms with Gasteiger partial charge in [-0.25, -0.2) is 4.39 Å². The van der Waals surface area contributed by atoms with Crippen molar-refractivity contribution < 1.29 is 4.39 Å². The molecule has 3 unspecified atom stereocenters. The summed E-state index contributed by atoms with van der Waals surface area (Å²) < 4.78 is 12.7. The highest BCUT2D eigenvalue weighted by Crippen LogP contribution is 2.26. The van der Waals surface area contributed by atoms with E-state index in [0.29, 0.717) is 6.04 Å². The molecule has 88 valence electrons. The summed E-state index contributed by atoms with van der Waals surface area (Å²) in [6, 6.07) is 4.01. The topological polar surface area (TPSA) is 24.9 Å². The molecule has 0 bridgehead atoms. The van der Waals surface area contributed by atoms with Crippen molar-refractivity contribution in [3.8, 4) is 0 Å². The third-order valence-electron chi connectivity index (χ3n) is 3.52. The van der Waals surface area contributed by atoms with Crippen molar-refractivity contribution in [2.75, 3.05) is 0 Å². The minimum atomic E-state index is -0.273. The number of halogens is 1. The molecular weight excluding hydrogens is 203 g/mol. The van der Waals surface area contributed by atoms with Crippen molar-refractivity contribution in [1.82, 2.24) is 10.3 Å². The number of rotatable bonds is 3. The molecule has 2 nitrogen and oxygen atoms in total. The first-order chi connectivity index (χ1) is 7.66. The fourth-order valence-electron chi connectivity index (χ4n) is 2.44. The Morgan fingerprint density at radius 3 is 2.81 bits per heavy atom. The van der Waals surface area contributed by atoms with Gasteiger partial charge in [0.1, 0.15) is 5.82 Å². The lowest BCUT2D eigenvalue weighted by Gasteiger charge is -2.22. The third kappa shape index (κ3) is 2.59. The number of hydrogen-bond acceptors (Lipinski definition) is 2. The van der Waals surface area contributed by atoms with E-state index >= 15 is 0 Å². The van der Waals surface area contributed by atoms with Crippen LogP contribution in [0.1, 0.15) is 44.8 Å². The zero-order chi connectivity index (χ0) is 11.5. The molecule has 1 aliphatic rings. The molecule has 0 radical (unpaired) electrons. The van der Waals surface area contributed by atoms with Gasteiger partial charge in [-0.3, -0.25) is 4.98 Å². The van der Waals surface area contributed by atoms with Crippen LogP contribution in [0.2, 0.25) is 0 Å². The molecule has 2 rings (SSSR count). The highest BCUT2D eigenvalue weighted by atomic mass is 19.1. The van der Waals surface area contributed by atoms with Crippen molar-refractivity contribution in [2.24, 2.45) is 5.92 Å². The molecule has 3 atom stereocenters. The fourth-order valence-corrected chi connectivity index (χ4v) is 2.44. The quantitative estimate of drug-likeness (QED) is 0.850. The first kappa shape index (κ1) is 11.5. The molecule has 1 heterocycles. The Balaban J connectivity index is 1.97. The van der Waals surface area contributed by atoms with Gasteiger partial charge < -0.3 is 5.32 Å². The SMILES string of the molecule is CC(NC1CCCC1C)c1ccc(F)cn1. The van der Waals surface area contributed by atoms with Crippen LogP contribution in [0, 0.1) is 11.7 Å². The second-order valence-corrected chi connectivity index (χ2v) is 4.80. The van der Waals surface area contributed by atoms with Gasteiger partial charge in [0.15, 0.2) is 0 Å². The molecule has 1 aliphatic carbocycles. The van der Waals surface area contributed by atoms with Crippen LogP contribution < -0.4 is 5.32 Å². The maximum atomic E-state index is 12.7. The third-order valence-corrected chi connectivity index (χ3v) is 3.52. The lowest BCUT2D eigenvalue weighted by atomic mass is 10.0. The number of nitrogens with one attached hydrogen (secondary N) is 1. The van der Waals surface area contributed by atoms with E-state index in [1.165, 1.54) is 31.5 Å². The van der Waals surface area contributed by atoms with Gasteiger partial charge in [0.25, 0.3) is 0 Å². The zero-order valence-electron chi connectivity index (χ0n) is 9.91. The van der Waals surface area contributed by atoms with E-state index < -0.39 is 0 Å². The molecule has 0 spiro atoms. The summed E-state index contributed by atoms with van der Waals surface area (Å²) in [5, 5.41) is 3.58. The van der Waals surface area contributed by atoms with Crippen LogP contribution >= 0.6 is 0 Å². The molecule has 1 fully saturated rings. The maximum absolute atomic E-state index is 12.7. The number of pyridine rings is 1. The predicted molar refractivity (Wildman–Crippen MR) is 62.5 cm³/mol. The van der Waals surface area contributed by atoms with E-state index in [9.17, 15) is 4.39 Å². The van der Waals surface area contributed by atoms with Crippen LogP contribution in [0.4, 0.5) is 4.39 Å². The smallest absolute Gasteiger partial charge is 0.141 e. The first-order valence-electron chi connectivity index (χ1n) is 6.04. The van der Waals surface area contributed by atoms with E-state index in [2.05, 4.69) is 24.1 Å². The van der Waals surface area contributed by atoms with Crippen molar-refractivity contribution >= 4 is 0 Å². The van der Waals surface area contributed by atoms with Gasteiger partial charge in [0, 0.05) is 12.1 Å². The Kier molecular flexibility index (Phi) is 3.54. The molecule has 0 aliphatic heterocycles. The summed E-state index contributed by atoms with van der Waals surface area (Å²) in [5.74, 6) is 0.466. The van der Waals surface area contributed by atoms with Crippen LogP contribution in [-0.2, 0) is 0 Å². The predicted octanol–water partition coefficient (Wildman–Crippen LogP) is 3.06. The highest BCUT2D eigenvalue weighted by molar-refractivity contribution is 5.09. The van der Waals surface area contributed by atoms with Crippen LogP contribution in [-0.4, -0.2) is 11.0 Å². The Morgan fingerprint density at radius 2 is 2.25 bits per heavy atom. The highest BCUT2D eigenvalue weighted by Gasteiger charge is 2.24. The summed E-state index contributed by atoms with van der Waals surface area (Å²) in [6.45, 7) is 4.38. The van der Waals surface area contributed by atoms with Crippen LogP contribution in [0.5, 0.6) is 0 Å². The fraction of sp³-hybridized carbons (Fsp3) is 0.615. The molecule has 0 aromatic carbocycles. The van der Waals surface area contributed by atoms with Gasteiger partial charge >= 0.3 is 0 Å². The minimum absolute atomic E-state index is 0.200. The average Bonchev–Trinajstić information content (AvgIpc) is 2.65. The zero-order valence-corrected chi connectivity index (χ0v) is 9.91. The number of hydrogen-bond donors (Lipinski definition) is 1. The molecule has 1 N–H and O–H groups in total. The van der Waals surface area contributed by atoms with Crippen molar-refractivity contribution in [3.05, 3.63) is 29.8 Å². The molecule has 1 saturated carbocycles. The Hall–Kier alpha value is -0.960. The standard InChI is InChI=1S/C13H19FN2/c1-9-4-3-5-12(9)16-10(2)13-7-6-11(14)8-15-13/h6-10,12,16H,3-5H2,1-2H3. The second-order valence-electron chi connectivity index (χ2n) is 4.80. The van der Waals surface area contributed by atoms with Gasteiger partial charge in [-0.05, 0) is 37.8 Å². The molecule has 3 heteroatoms. The molecule has 16 heavy (non-hydrogen) atoms. The molecular formula is C13H19FN2. The van der Waals surface area contributed by atoms with Crippen molar-refractivity contribution in [2.45, 2.75) is 45.2 Å². The summed E-state index contributed by atoms with van der Waals surface area (Å²) in [5.41, 5.74) is 0.917. The first-order valence-corrected chi connectivity index (χ1v) is 6.04. The summed E-state index contributed by atoms with van der Waals surface area (Å²) in [6.07, 6.45) is 5.14. The van der Waals surface area contributed by atoms with E-state index in [0.717, 1.165) is 11.6 Å². The molecule has 1 aromatic rings. The molecule has 0 amide bonds. The Morgan fingerprint density at radius 1 is 1.44 bits per heavy atom. The van der Waals surface area contributed by atoms with Crippen molar-refractivity contribution in [1.29, 1.82) is 0 Å². The molecule has 0 saturated heterocycles. The van der Waals surface area contributed by atoms with Crippen LogP contribution in [0.3, 0.4) is 0 Å². The number of aromatic nitrogens is 1. The summed E-state index contributed by atoms with van der Waals surface area (Å²) >= 11 is 0. The minimum Gasteiger partial charge on any atom is -0.306 e. The maximum Gasteiger partial charge on any atom is 0.141 e. The van der Waals surface area contributed by atoms with Gasteiger partial charge in [-0.2, -0.15) is 0 Å².